The zero-order valence-corrected chi connectivity index (χ0v) is 10.8. The van der Waals surface area contributed by atoms with E-state index >= 15 is 0 Å². The molecule has 3 nitrogen and oxygen atoms in total. The Morgan fingerprint density at radius 3 is 2.17 bits per heavy atom. The number of nitrogens with one attached hydrogen (secondary N) is 1. The van der Waals surface area contributed by atoms with E-state index in [0.29, 0.717) is 12.5 Å². The Hall–Kier alpha value is -1.97. The van der Waals surface area contributed by atoms with Crippen LogP contribution in [0, 0.1) is 26.6 Å². The molecule has 0 saturated carbocycles. The van der Waals surface area contributed by atoms with Crippen LogP contribution in [0.5, 0.6) is 0 Å². The molecule has 1 aromatic carbocycles. The highest BCUT2D eigenvalue weighted by atomic mass is 19.1. The summed E-state index contributed by atoms with van der Waals surface area (Å²) in [5.74, 6) is 0.0130. The van der Waals surface area contributed by atoms with E-state index < -0.39 is 5.82 Å². The van der Waals surface area contributed by atoms with Crippen molar-refractivity contribution >= 4 is 5.95 Å². The van der Waals surface area contributed by atoms with E-state index in [-0.39, 0.29) is 0 Å². The molecule has 0 bridgehead atoms. The van der Waals surface area contributed by atoms with Crippen LogP contribution in [0.2, 0.25) is 0 Å². The Morgan fingerprint density at radius 1 is 1.06 bits per heavy atom. The van der Waals surface area contributed by atoms with Crippen molar-refractivity contribution in [3.05, 3.63) is 52.6 Å². The summed E-state index contributed by atoms with van der Waals surface area (Å²) in [6.45, 7) is 6.90. The van der Waals surface area contributed by atoms with Crippen molar-refractivity contribution in [1.82, 2.24) is 9.97 Å². The van der Waals surface area contributed by atoms with Crippen molar-refractivity contribution in [2.24, 2.45) is 0 Å². The Kier molecular flexibility index (Phi) is 3.55. The highest BCUT2D eigenvalue weighted by molar-refractivity contribution is 5.39. The van der Waals surface area contributed by atoms with Gasteiger partial charge in [-0.25, -0.2) is 14.4 Å². The zero-order valence-electron chi connectivity index (χ0n) is 10.8. The molecule has 0 atom stereocenters. The molecule has 0 unspecified atom stereocenters. The minimum Gasteiger partial charge on any atom is -0.350 e. The SMILES string of the molecule is Cc1cc(C)c(CNc2ncc(F)cn2)c(C)c1. The molecule has 1 N–H and O–H groups in total. The van der Waals surface area contributed by atoms with Crippen molar-refractivity contribution in [2.75, 3.05) is 5.32 Å². The van der Waals surface area contributed by atoms with Gasteiger partial charge in [0.25, 0.3) is 0 Å². The summed E-state index contributed by atoms with van der Waals surface area (Å²) in [6, 6.07) is 4.30. The lowest BCUT2D eigenvalue weighted by atomic mass is 10.00. The number of benzene rings is 1. The average molecular weight is 245 g/mol. The van der Waals surface area contributed by atoms with Crippen LogP contribution in [0.1, 0.15) is 22.3 Å². The molecule has 94 valence electrons. The Labute approximate surface area is 106 Å². The normalized spacial score (nSPS) is 10.4. The molecule has 0 aliphatic heterocycles. The van der Waals surface area contributed by atoms with Gasteiger partial charge in [-0.2, -0.15) is 0 Å². The zero-order chi connectivity index (χ0) is 13.1. The van der Waals surface area contributed by atoms with Crippen LogP contribution in [-0.4, -0.2) is 9.97 Å². The maximum absolute atomic E-state index is 12.7. The van der Waals surface area contributed by atoms with Crippen LogP contribution in [0.3, 0.4) is 0 Å². The van der Waals surface area contributed by atoms with E-state index in [2.05, 4.69) is 48.2 Å². The molecule has 0 aliphatic carbocycles. The number of halogens is 1. The number of hydrogen-bond donors (Lipinski definition) is 1. The molecule has 4 heteroatoms. The predicted octanol–water partition coefficient (Wildman–Crippen LogP) is 3.15. The monoisotopic (exact) mass is 245 g/mol. The first-order valence-corrected chi connectivity index (χ1v) is 5.84. The fourth-order valence-corrected chi connectivity index (χ4v) is 2.06. The second kappa shape index (κ2) is 5.12. The van der Waals surface area contributed by atoms with Crippen LogP contribution in [-0.2, 0) is 6.54 Å². The third-order valence-electron chi connectivity index (χ3n) is 2.88. The molecule has 1 aromatic heterocycles. The van der Waals surface area contributed by atoms with Gasteiger partial charge < -0.3 is 5.32 Å². The highest BCUT2D eigenvalue weighted by Gasteiger charge is 2.04. The Balaban J connectivity index is 2.13. The van der Waals surface area contributed by atoms with Gasteiger partial charge in [-0.05, 0) is 37.5 Å². The van der Waals surface area contributed by atoms with E-state index in [4.69, 9.17) is 0 Å². The smallest absolute Gasteiger partial charge is 0.223 e. The lowest BCUT2D eigenvalue weighted by Crippen LogP contribution is -2.06. The van der Waals surface area contributed by atoms with Crippen molar-refractivity contribution in [3.8, 4) is 0 Å². The number of nitrogens with zero attached hydrogens (tertiary/aromatic N) is 2. The molecule has 0 amide bonds. The molecular formula is C14H16FN3. The molecule has 1 heterocycles. The minimum atomic E-state index is -0.428. The maximum atomic E-state index is 12.7. The fourth-order valence-electron chi connectivity index (χ4n) is 2.06. The lowest BCUT2D eigenvalue weighted by molar-refractivity contribution is 0.614. The highest BCUT2D eigenvalue weighted by Crippen LogP contribution is 2.17. The summed E-state index contributed by atoms with van der Waals surface area (Å²) in [5.41, 5.74) is 4.96. The largest absolute Gasteiger partial charge is 0.350 e. The molecule has 2 aromatic rings. The standard InChI is InChI=1S/C14H16FN3/c1-9-4-10(2)13(11(3)5-9)8-18-14-16-6-12(15)7-17-14/h4-7H,8H2,1-3H3,(H,16,17,18). The molecule has 0 radical (unpaired) electrons. The first-order chi connectivity index (χ1) is 8.56. The number of rotatable bonds is 3. The quantitative estimate of drug-likeness (QED) is 0.902. The predicted molar refractivity (Wildman–Crippen MR) is 70.0 cm³/mol. The summed E-state index contributed by atoms with van der Waals surface area (Å²) >= 11 is 0. The summed E-state index contributed by atoms with van der Waals surface area (Å²) < 4.78 is 12.7. The lowest BCUT2D eigenvalue weighted by Gasteiger charge is -2.12. The van der Waals surface area contributed by atoms with Gasteiger partial charge in [-0.1, -0.05) is 17.7 Å². The van der Waals surface area contributed by atoms with Crippen LogP contribution in [0.4, 0.5) is 10.3 Å². The Bertz CT molecular complexity index is 526. The van der Waals surface area contributed by atoms with Gasteiger partial charge >= 0.3 is 0 Å². The third kappa shape index (κ3) is 2.83. The number of aryl methyl sites for hydroxylation is 3. The summed E-state index contributed by atoms with van der Waals surface area (Å²) in [5, 5.41) is 3.10. The molecule has 0 aliphatic rings. The van der Waals surface area contributed by atoms with E-state index in [0.717, 1.165) is 12.4 Å². The number of anilines is 1. The van der Waals surface area contributed by atoms with Gasteiger partial charge in [0.15, 0.2) is 5.82 Å². The third-order valence-corrected chi connectivity index (χ3v) is 2.88. The first-order valence-electron chi connectivity index (χ1n) is 5.84. The van der Waals surface area contributed by atoms with Crippen LogP contribution in [0.25, 0.3) is 0 Å². The van der Waals surface area contributed by atoms with E-state index in [1.165, 1.54) is 22.3 Å². The molecule has 0 saturated heterocycles. The van der Waals surface area contributed by atoms with Crippen molar-refractivity contribution < 1.29 is 4.39 Å². The number of aromatic nitrogens is 2. The van der Waals surface area contributed by atoms with Crippen molar-refractivity contribution in [2.45, 2.75) is 27.3 Å². The second-order valence-corrected chi connectivity index (χ2v) is 4.46. The minimum absolute atomic E-state index is 0.428. The summed E-state index contributed by atoms with van der Waals surface area (Å²) in [7, 11) is 0. The summed E-state index contributed by atoms with van der Waals surface area (Å²) in [6.07, 6.45) is 2.31. The van der Waals surface area contributed by atoms with E-state index in [9.17, 15) is 4.39 Å². The molecule has 2 rings (SSSR count). The topological polar surface area (TPSA) is 37.8 Å². The Morgan fingerprint density at radius 2 is 1.61 bits per heavy atom. The molecule has 0 spiro atoms. The fraction of sp³-hybridized carbons (Fsp3) is 0.286. The maximum Gasteiger partial charge on any atom is 0.223 e. The van der Waals surface area contributed by atoms with Crippen LogP contribution < -0.4 is 5.32 Å². The van der Waals surface area contributed by atoms with E-state index in [1.807, 2.05) is 0 Å². The van der Waals surface area contributed by atoms with Gasteiger partial charge in [0, 0.05) is 6.54 Å². The van der Waals surface area contributed by atoms with Crippen LogP contribution >= 0.6 is 0 Å². The van der Waals surface area contributed by atoms with Gasteiger partial charge in [0.2, 0.25) is 5.95 Å². The van der Waals surface area contributed by atoms with E-state index in [1.54, 1.807) is 0 Å². The van der Waals surface area contributed by atoms with Gasteiger partial charge in [-0.3, -0.25) is 0 Å². The first kappa shape index (κ1) is 12.5. The van der Waals surface area contributed by atoms with Crippen molar-refractivity contribution in [1.29, 1.82) is 0 Å². The summed E-state index contributed by atoms with van der Waals surface area (Å²) in [4.78, 5) is 7.75. The van der Waals surface area contributed by atoms with Crippen molar-refractivity contribution in [3.63, 3.8) is 0 Å². The van der Waals surface area contributed by atoms with Gasteiger partial charge in [0.1, 0.15) is 0 Å². The van der Waals surface area contributed by atoms with Gasteiger partial charge in [0.05, 0.1) is 12.4 Å². The average Bonchev–Trinajstić information content (AvgIpc) is 2.30. The molecular weight excluding hydrogens is 229 g/mol. The number of hydrogen-bond acceptors (Lipinski definition) is 3. The molecule has 0 fully saturated rings. The second-order valence-electron chi connectivity index (χ2n) is 4.46. The molecule has 18 heavy (non-hydrogen) atoms. The van der Waals surface area contributed by atoms with Crippen LogP contribution in [0.15, 0.2) is 24.5 Å². The van der Waals surface area contributed by atoms with Gasteiger partial charge in [-0.15, -0.1) is 0 Å².